The molecule has 1 aromatic heterocycles. The average molecular weight is 446 g/mol. The fourth-order valence-electron chi connectivity index (χ4n) is 2.62. The van der Waals surface area contributed by atoms with Gasteiger partial charge in [0.25, 0.3) is 5.91 Å². The van der Waals surface area contributed by atoms with E-state index in [0.29, 0.717) is 27.5 Å². The van der Waals surface area contributed by atoms with Gasteiger partial charge in [0.2, 0.25) is 10.0 Å². The first kappa shape index (κ1) is 21.9. The van der Waals surface area contributed by atoms with Crippen LogP contribution in [0, 0.1) is 0 Å². The summed E-state index contributed by atoms with van der Waals surface area (Å²) in [5.74, 6) is -0.398. The predicted molar refractivity (Wildman–Crippen MR) is 116 cm³/mol. The number of carbonyl (C=O) groups excluding carboxylic acids is 1. The Labute approximate surface area is 179 Å². The Morgan fingerprint density at radius 3 is 2.50 bits per heavy atom. The number of aromatic nitrogens is 1. The summed E-state index contributed by atoms with van der Waals surface area (Å²) in [7, 11) is -3.76. The molecule has 156 valence electrons. The SMILES string of the molecule is C[C@@H](O)CNS(=O)(=O)c1ccc(C(=O)Nc2ccc(Cl)c(-c3ccccn3)c2)cc1. The maximum absolute atomic E-state index is 12.6. The van der Waals surface area contributed by atoms with Gasteiger partial charge in [0.1, 0.15) is 0 Å². The smallest absolute Gasteiger partial charge is 0.255 e. The second kappa shape index (κ2) is 9.36. The minimum atomic E-state index is -3.76. The van der Waals surface area contributed by atoms with Gasteiger partial charge in [0, 0.05) is 29.6 Å². The molecule has 7 nitrogen and oxygen atoms in total. The van der Waals surface area contributed by atoms with Crippen molar-refractivity contribution in [2.24, 2.45) is 0 Å². The van der Waals surface area contributed by atoms with Crippen molar-refractivity contribution in [3.63, 3.8) is 0 Å². The Hall–Kier alpha value is -2.78. The number of pyridine rings is 1. The number of benzene rings is 2. The molecule has 1 atom stereocenters. The van der Waals surface area contributed by atoms with Crippen LogP contribution in [0.4, 0.5) is 5.69 Å². The summed E-state index contributed by atoms with van der Waals surface area (Å²) in [6, 6.07) is 16.0. The molecule has 0 fully saturated rings. The molecule has 0 saturated carbocycles. The summed E-state index contributed by atoms with van der Waals surface area (Å²) < 4.78 is 26.6. The highest BCUT2D eigenvalue weighted by Crippen LogP contribution is 2.29. The molecule has 0 radical (unpaired) electrons. The fraction of sp³-hybridized carbons (Fsp3) is 0.143. The highest BCUT2D eigenvalue weighted by atomic mass is 35.5. The minimum Gasteiger partial charge on any atom is -0.392 e. The molecule has 9 heteroatoms. The first-order valence-corrected chi connectivity index (χ1v) is 10.9. The van der Waals surface area contributed by atoms with Crippen molar-refractivity contribution >= 4 is 33.2 Å². The Morgan fingerprint density at radius 2 is 1.87 bits per heavy atom. The number of anilines is 1. The summed E-state index contributed by atoms with van der Waals surface area (Å²) in [5, 5.41) is 12.5. The van der Waals surface area contributed by atoms with Crippen LogP contribution in [-0.4, -0.2) is 37.1 Å². The van der Waals surface area contributed by atoms with E-state index in [1.807, 2.05) is 12.1 Å². The zero-order valence-electron chi connectivity index (χ0n) is 16.0. The van der Waals surface area contributed by atoms with E-state index in [1.165, 1.54) is 31.2 Å². The molecule has 0 bridgehead atoms. The third-order valence-electron chi connectivity index (χ3n) is 4.16. The standard InChI is InChI=1S/C21H20ClN3O4S/c1-14(26)13-24-30(28,29)17-8-5-15(6-9-17)21(27)25-16-7-10-19(22)18(12-16)20-4-2-3-11-23-20/h2-12,14,24,26H,13H2,1H3,(H,25,27)/t14-/m1/s1. The normalized spacial score (nSPS) is 12.4. The molecule has 1 amide bonds. The first-order valence-electron chi connectivity index (χ1n) is 9.06. The van der Waals surface area contributed by atoms with Crippen LogP contribution in [-0.2, 0) is 10.0 Å². The summed E-state index contributed by atoms with van der Waals surface area (Å²) in [6.07, 6.45) is 0.850. The Kier molecular flexibility index (Phi) is 6.84. The lowest BCUT2D eigenvalue weighted by Crippen LogP contribution is -2.30. The molecule has 1 heterocycles. The third kappa shape index (κ3) is 5.43. The first-order chi connectivity index (χ1) is 14.3. The van der Waals surface area contributed by atoms with Crippen LogP contribution in [0.25, 0.3) is 11.3 Å². The van der Waals surface area contributed by atoms with Gasteiger partial charge in [-0.25, -0.2) is 13.1 Å². The van der Waals surface area contributed by atoms with Gasteiger partial charge in [-0.2, -0.15) is 0 Å². The zero-order chi connectivity index (χ0) is 21.7. The molecule has 0 aliphatic rings. The Bertz CT molecular complexity index is 1130. The minimum absolute atomic E-state index is 0.00336. The molecule has 0 spiro atoms. The quantitative estimate of drug-likeness (QED) is 0.517. The van der Waals surface area contributed by atoms with Crippen LogP contribution in [0.5, 0.6) is 0 Å². The molecular weight excluding hydrogens is 426 g/mol. The Morgan fingerprint density at radius 1 is 1.13 bits per heavy atom. The molecule has 0 aliphatic carbocycles. The average Bonchev–Trinajstić information content (AvgIpc) is 2.74. The van der Waals surface area contributed by atoms with Crippen molar-refractivity contribution in [1.82, 2.24) is 9.71 Å². The van der Waals surface area contributed by atoms with Gasteiger partial charge in [-0.05, 0) is 61.5 Å². The lowest BCUT2D eigenvalue weighted by atomic mass is 10.1. The van der Waals surface area contributed by atoms with Crippen molar-refractivity contribution in [2.45, 2.75) is 17.9 Å². The number of carbonyl (C=O) groups is 1. The molecule has 3 aromatic rings. The van der Waals surface area contributed by atoms with E-state index in [4.69, 9.17) is 11.6 Å². The van der Waals surface area contributed by atoms with Crippen molar-refractivity contribution < 1.29 is 18.3 Å². The number of halogens is 1. The van der Waals surface area contributed by atoms with Gasteiger partial charge in [-0.3, -0.25) is 9.78 Å². The molecule has 2 aromatic carbocycles. The summed E-state index contributed by atoms with van der Waals surface area (Å²) in [5.41, 5.74) is 2.18. The summed E-state index contributed by atoms with van der Waals surface area (Å²) in [4.78, 5) is 16.8. The number of hydrogen-bond acceptors (Lipinski definition) is 5. The van der Waals surface area contributed by atoms with Crippen LogP contribution < -0.4 is 10.0 Å². The van der Waals surface area contributed by atoms with Gasteiger partial charge in [-0.1, -0.05) is 17.7 Å². The number of sulfonamides is 1. The number of aliphatic hydroxyl groups excluding tert-OH is 1. The highest BCUT2D eigenvalue weighted by molar-refractivity contribution is 7.89. The third-order valence-corrected chi connectivity index (χ3v) is 5.93. The maximum Gasteiger partial charge on any atom is 0.255 e. The number of amides is 1. The number of nitrogens with zero attached hydrogens (tertiary/aromatic N) is 1. The van der Waals surface area contributed by atoms with E-state index >= 15 is 0 Å². The number of rotatable bonds is 7. The van der Waals surface area contributed by atoms with Gasteiger partial charge in [0.15, 0.2) is 0 Å². The largest absolute Gasteiger partial charge is 0.392 e. The van der Waals surface area contributed by atoms with Gasteiger partial charge in [0.05, 0.1) is 21.7 Å². The van der Waals surface area contributed by atoms with Crippen molar-refractivity contribution in [3.05, 3.63) is 77.4 Å². The Balaban J connectivity index is 1.75. The lowest BCUT2D eigenvalue weighted by molar-refractivity contribution is 0.102. The fourth-order valence-corrected chi connectivity index (χ4v) is 3.96. The maximum atomic E-state index is 12.6. The van der Waals surface area contributed by atoms with Gasteiger partial charge < -0.3 is 10.4 Å². The van der Waals surface area contributed by atoms with Crippen LogP contribution in [0.2, 0.25) is 5.02 Å². The van der Waals surface area contributed by atoms with Crippen LogP contribution >= 0.6 is 11.6 Å². The van der Waals surface area contributed by atoms with Crippen LogP contribution in [0.1, 0.15) is 17.3 Å². The van der Waals surface area contributed by atoms with Crippen molar-refractivity contribution in [3.8, 4) is 11.3 Å². The molecule has 3 rings (SSSR count). The zero-order valence-corrected chi connectivity index (χ0v) is 17.6. The second-order valence-corrected chi connectivity index (χ2v) is 8.76. The van der Waals surface area contributed by atoms with Crippen molar-refractivity contribution in [2.75, 3.05) is 11.9 Å². The molecule has 0 aliphatic heterocycles. The monoisotopic (exact) mass is 445 g/mol. The van der Waals surface area contributed by atoms with E-state index in [9.17, 15) is 18.3 Å². The molecule has 0 saturated heterocycles. The van der Waals surface area contributed by atoms with E-state index in [2.05, 4.69) is 15.0 Å². The van der Waals surface area contributed by atoms with Gasteiger partial charge in [-0.15, -0.1) is 0 Å². The van der Waals surface area contributed by atoms with E-state index in [0.717, 1.165) is 0 Å². The number of nitrogens with one attached hydrogen (secondary N) is 2. The summed E-state index contributed by atoms with van der Waals surface area (Å²) >= 11 is 6.26. The molecule has 3 N–H and O–H groups in total. The molecule has 30 heavy (non-hydrogen) atoms. The van der Waals surface area contributed by atoms with Crippen LogP contribution in [0.15, 0.2) is 71.8 Å². The predicted octanol–water partition coefficient (Wildman–Crippen LogP) is 3.31. The molecule has 0 unspecified atom stereocenters. The van der Waals surface area contributed by atoms with Gasteiger partial charge >= 0.3 is 0 Å². The number of hydrogen-bond donors (Lipinski definition) is 3. The summed E-state index contributed by atoms with van der Waals surface area (Å²) in [6.45, 7) is 1.38. The lowest BCUT2D eigenvalue weighted by Gasteiger charge is -2.10. The highest BCUT2D eigenvalue weighted by Gasteiger charge is 2.16. The van der Waals surface area contributed by atoms with E-state index < -0.39 is 22.0 Å². The topological polar surface area (TPSA) is 108 Å². The van der Waals surface area contributed by atoms with E-state index in [1.54, 1.807) is 30.5 Å². The number of aliphatic hydroxyl groups is 1. The second-order valence-electron chi connectivity index (χ2n) is 6.59. The van der Waals surface area contributed by atoms with Crippen molar-refractivity contribution in [1.29, 1.82) is 0 Å². The molecular formula is C21H20ClN3O4S. The van der Waals surface area contributed by atoms with E-state index in [-0.39, 0.29) is 11.4 Å². The van der Waals surface area contributed by atoms with Crippen LogP contribution in [0.3, 0.4) is 0 Å².